The molecule has 0 heterocycles. The summed E-state index contributed by atoms with van der Waals surface area (Å²) in [7, 11) is 0. The van der Waals surface area contributed by atoms with Crippen LogP contribution in [0.15, 0.2) is 18.2 Å². The highest BCUT2D eigenvalue weighted by Gasteiger charge is 2.27. The number of rotatable bonds is 3. The second-order valence-electron chi connectivity index (χ2n) is 5.67. The number of nitrogens with two attached hydrogens (primary N) is 1. The van der Waals surface area contributed by atoms with Gasteiger partial charge in [0.2, 0.25) is 0 Å². The Morgan fingerprint density at radius 2 is 2.00 bits per heavy atom. The normalized spacial score (nSPS) is 24.2. The van der Waals surface area contributed by atoms with Gasteiger partial charge in [0.15, 0.2) is 0 Å². The highest BCUT2D eigenvalue weighted by atomic mass is 19.1. The van der Waals surface area contributed by atoms with Gasteiger partial charge in [-0.1, -0.05) is 26.7 Å². The Morgan fingerprint density at radius 3 is 2.72 bits per heavy atom. The third-order valence-electron chi connectivity index (χ3n) is 4.03. The molecule has 3 heteroatoms. The monoisotopic (exact) mass is 250 g/mol. The van der Waals surface area contributed by atoms with Gasteiger partial charge >= 0.3 is 0 Å². The van der Waals surface area contributed by atoms with Crippen LogP contribution in [0.3, 0.4) is 0 Å². The van der Waals surface area contributed by atoms with Gasteiger partial charge < -0.3 is 11.1 Å². The van der Waals surface area contributed by atoms with Gasteiger partial charge in [-0.05, 0) is 42.9 Å². The van der Waals surface area contributed by atoms with Crippen molar-refractivity contribution >= 4 is 11.4 Å². The maximum Gasteiger partial charge on any atom is 0.125 e. The van der Waals surface area contributed by atoms with E-state index in [2.05, 4.69) is 19.2 Å². The van der Waals surface area contributed by atoms with Crippen molar-refractivity contribution in [3.05, 3.63) is 24.0 Å². The zero-order valence-electron chi connectivity index (χ0n) is 11.2. The summed E-state index contributed by atoms with van der Waals surface area (Å²) in [5, 5.41) is 3.46. The minimum absolute atomic E-state index is 0.233. The van der Waals surface area contributed by atoms with Gasteiger partial charge in [0.1, 0.15) is 5.82 Å². The molecule has 3 N–H and O–H groups in total. The average molecular weight is 250 g/mol. The number of halogens is 1. The van der Waals surface area contributed by atoms with Crippen LogP contribution in [0.2, 0.25) is 0 Å². The van der Waals surface area contributed by atoms with Gasteiger partial charge in [0.05, 0.1) is 11.4 Å². The molecule has 0 bridgehead atoms. The Bertz CT molecular complexity index is 403. The number of hydrogen-bond acceptors (Lipinski definition) is 2. The summed E-state index contributed by atoms with van der Waals surface area (Å²) in [4.78, 5) is 0. The van der Waals surface area contributed by atoms with Gasteiger partial charge in [0.25, 0.3) is 0 Å². The molecule has 2 unspecified atom stereocenters. The lowest BCUT2D eigenvalue weighted by atomic mass is 9.77. The SMILES string of the molecule is CC(C)C1CCCCC1Nc1cc(F)ccc1N. The summed E-state index contributed by atoms with van der Waals surface area (Å²) in [6.45, 7) is 4.53. The lowest BCUT2D eigenvalue weighted by Crippen LogP contribution is -2.35. The van der Waals surface area contributed by atoms with Crippen LogP contribution in [-0.4, -0.2) is 6.04 Å². The summed E-state index contributed by atoms with van der Waals surface area (Å²) in [6.07, 6.45) is 4.96. The number of nitrogen functional groups attached to an aromatic ring is 1. The Kier molecular flexibility index (Phi) is 4.10. The maximum atomic E-state index is 13.3. The van der Waals surface area contributed by atoms with Crippen molar-refractivity contribution in [2.75, 3.05) is 11.1 Å². The quantitative estimate of drug-likeness (QED) is 0.795. The molecule has 1 saturated carbocycles. The van der Waals surface area contributed by atoms with E-state index in [0.29, 0.717) is 23.6 Å². The van der Waals surface area contributed by atoms with Crippen LogP contribution >= 0.6 is 0 Å². The van der Waals surface area contributed by atoms with Gasteiger partial charge in [-0.15, -0.1) is 0 Å². The van der Waals surface area contributed by atoms with Gasteiger partial charge in [-0.25, -0.2) is 4.39 Å². The fourth-order valence-electron chi connectivity index (χ4n) is 2.99. The van der Waals surface area contributed by atoms with Crippen LogP contribution in [0.1, 0.15) is 39.5 Å². The van der Waals surface area contributed by atoms with Crippen LogP contribution in [-0.2, 0) is 0 Å². The van der Waals surface area contributed by atoms with Gasteiger partial charge in [-0.3, -0.25) is 0 Å². The minimum atomic E-state index is -0.233. The smallest absolute Gasteiger partial charge is 0.125 e. The molecule has 2 rings (SSSR count). The fraction of sp³-hybridized carbons (Fsp3) is 0.600. The van der Waals surface area contributed by atoms with E-state index in [0.717, 1.165) is 12.1 Å². The van der Waals surface area contributed by atoms with E-state index < -0.39 is 0 Å². The van der Waals surface area contributed by atoms with E-state index in [1.165, 1.54) is 31.4 Å². The molecule has 2 atom stereocenters. The van der Waals surface area contributed by atoms with Crippen molar-refractivity contribution in [2.24, 2.45) is 11.8 Å². The van der Waals surface area contributed by atoms with Crippen molar-refractivity contribution in [3.63, 3.8) is 0 Å². The van der Waals surface area contributed by atoms with Crippen LogP contribution in [0.5, 0.6) is 0 Å². The fourth-order valence-corrected chi connectivity index (χ4v) is 2.99. The third-order valence-corrected chi connectivity index (χ3v) is 4.03. The van der Waals surface area contributed by atoms with Crippen molar-refractivity contribution in [1.82, 2.24) is 0 Å². The number of hydrogen-bond donors (Lipinski definition) is 2. The lowest BCUT2D eigenvalue weighted by molar-refractivity contribution is 0.254. The first kappa shape index (κ1) is 13.2. The number of anilines is 2. The van der Waals surface area contributed by atoms with Crippen molar-refractivity contribution < 1.29 is 4.39 Å². The Hall–Kier alpha value is -1.25. The van der Waals surface area contributed by atoms with E-state index in [1.54, 1.807) is 6.07 Å². The van der Waals surface area contributed by atoms with Gasteiger partial charge in [-0.2, -0.15) is 0 Å². The Balaban J connectivity index is 2.13. The molecule has 0 amide bonds. The summed E-state index contributed by atoms with van der Waals surface area (Å²) < 4.78 is 13.3. The van der Waals surface area contributed by atoms with E-state index in [4.69, 9.17) is 5.73 Å². The molecule has 1 aromatic carbocycles. The van der Waals surface area contributed by atoms with E-state index in [-0.39, 0.29) is 5.82 Å². The lowest BCUT2D eigenvalue weighted by Gasteiger charge is -2.35. The molecular formula is C15H23FN2. The van der Waals surface area contributed by atoms with Crippen LogP contribution in [0, 0.1) is 17.7 Å². The molecule has 1 aliphatic rings. The molecule has 18 heavy (non-hydrogen) atoms. The predicted molar refractivity (Wildman–Crippen MR) is 75.0 cm³/mol. The van der Waals surface area contributed by atoms with Gasteiger partial charge in [0, 0.05) is 6.04 Å². The summed E-state index contributed by atoms with van der Waals surface area (Å²) >= 11 is 0. The standard InChI is InChI=1S/C15H23FN2/c1-10(2)12-5-3-4-6-14(12)18-15-9-11(16)7-8-13(15)17/h7-10,12,14,18H,3-6,17H2,1-2H3. The molecule has 1 aliphatic carbocycles. The predicted octanol–water partition coefficient (Wildman–Crippen LogP) is 4.03. The zero-order chi connectivity index (χ0) is 13.1. The molecule has 1 fully saturated rings. The molecular weight excluding hydrogens is 227 g/mol. The molecule has 0 aliphatic heterocycles. The third kappa shape index (κ3) is 2.95. The molecule has 100 valence electrons. The molecule has 1 aromatic rings. The average Bonchev–Trinajstić information content (AvgIpc) is 2.34. The molecule has 0 aromatic heterocycles. The molecule has 0 radical (unpaired) electrons. The Labute approximate surface area is 109 Å². The zero-order valence-corrected chi connectivity index (χ0v) is 11.2. The largest absolute Gasteiger partial charge is 0.397 e. The first-order valence-corrected chi connectivity index (χ1v) is 6.89. The van der Waals surface area contributed by atoms with Crippen LogP contribution in [0.25, 0.3) is 0 Å². The highest BCUT2D eigenvalue weighted by Crippen LogP contribution is 2.33. The van der Waals surface area contributed by atoms with Crippen molar-refractivity contribution in [3.8, 4) is 0 Å². The summed E-state index contributed by atoms with van der Waals surface area (Å²) in [5.41, 5.74) is 7.27. The summed E-state index contributed by atoms with van der Waals surface area (Å²) in [5.74, 6) is 1.07. The second kappa shape index (κ2) is 5.59. The summed E-state index contributed by atoms with van der Waals surface area (Å²) in [6, 6.07) is 4.95. The van der Waals surface area contributed by atoms with E-state index in [9.17, 15) is 4.39 Å². The first-order chi connectivity index (χ1) is 8.58. The van der Waals surface area contributed by atoms with E-state index >= 15 is 0 Å². The van der Waals surface area contributed by atoms with E-state index in [1.807, 2.05) is 0 Å². The highest BCUT2D eigenvalue weighted by molar-refractivity contribution is 5.66. The molecule has 2 nitrogen and oxygen atoms in total. The number of nitrogens with one attached hydrogen (secondary N) is 1. The first-order valence-electron chi connectivity index (χ1n) is 6.89. The minimum Gasteiger partial charge on any atom is -0.397 e. The maximum absolute atomic E-state index is 13.3. The number of benzene rings is 1. The van der Waals surface area contributed by atoms with Crippen LogP contribution in [0.4, 0.5) is 15.8 Å². The van der Waals surface area contributed by atoms with Crippen molar-refractivity contribution in [2.45, 2.75) is 45.6 Å². The van der Waals surface area contributed by atoms with Crippen molar-refractivity contribution in [1.29, 1.82) is 0 Å². The van der Waals surface area contributed by atoms with Crippen LogP contribution < -0.4 is 11.1 Å². The second-order valence-corrected chi connectivity index (χ2v) is 5.67. The molecule has 0 saturated heterocycles. The Morgan fingerprint density at radius 1 is 1.28 bits per heavy atom. The topological polar surface area (TPSA) is 38.0 Å². The molecule has 0 spiro atoms.